The monoisotopic (exact) mass is 250 g/mol. The predicted molar refractivity (Wildman–Crippen MR) is 58.7 cm³/mol. The number of rotatable bonds is 7. The van der Waals surface area contributed by atoms with Crippen LogP contribution in [0.25, 0.3) is 0 Å². The van der Waals surface area contributed by atoms with Gasteiger partial charge in [-0.2, -0.15) is 13.2 Å². The molecule has 0 aromatic carbocycles. The summed E-state index contributed by atoms with van der Waals surface area (Å²) in [5.41, 5.74) is 0.975. The van der Waals surface area contributed by atoms with E-state index in [0.717, 1.165) is 12.1 Å². The van der Waals surface area contributed by atoms with E-state index < -0.39 is 12.6 Å². The van der Waals surface area contributed by atoms with Gasteiger partial charge in [0.15, 0.2) is 0 Å². The number of nitrogens with one attached hydrogen (secondary N) is 1. The van der Waals surface area contributed by atoms with E-state index in [4.69, 9.17) is 4.74 Å². The van der Waals surface area contributed by atoms with Gasteiger partial charge in [0.1, 0.15) is 0 Å². The minimum absolute atomic E-state index is 0.0262. The zero-order valence-electron chi connectivity index (χ0n) is 9.76. The Morgan fingerprint density at radius 1 is 1.41 bits per heavy atom. The minimum Gasteiger partial charge on any atom is -0.383 e. The smallest absolute Gasteiger partial charge is 0.383 e. The first-order valence-electron chi connectivity index (χ1n) is 5.42. The molecule has 17 heavy (non-hydrogen) atoms. The average molecular weight is 250 g/mol. The van der Waals surface area contributed by atoms with E-state index in [1.165, 1.54) is 0 Å². The van der Waals surface area contributed by atoms with Crippen molar-refractivity contribution >= 4 is 0 Å². The Morgan fingerprint density at radius 2 is 2.18 bits per heavy atom. The van der Waals surface area contributed by atoms with Crippen molar-refractivity contribution in [1.82, 2.24) is 9.88 Å². The Labute approximate surface area is 98.6 Å². The molecule has 0 amide bonds. The van der Waals surface area contributed by atoms with E-state index in [0.29, 0.717) is 13.2 Å². The van der Waals surface area contributed by atoms with Crippen molar-refractivity contribution in [3.63, 3.8) is 0 Å². The van der Waals surface area contributed by atoms with Gasteiger partial charge in [0, 0.05) is 39.1 Å². The Balaban J connectivity index is 2.28. The van der Waals surface area contributed by atoms with Gasteiger partial charge in [-0.05, 0) is 11.6 Å². The van der Waals surface area contributed by atoms with Gasteiger partial charge in [0.2, 0.25) is 0 Å². The third-order valence-corrected chi connectivity index (χ3v) is 2.28. The van der Waals surface area contributed by atoms with Crippen LogP contribution in [0.15, 0.2) is 18.5 Å². The second-order valence-electron chi connectivity index (χ2n) is 3.79. The maximum Gasteiger partial charge on any atom is 0.390 e. The lowest BCUT2D eigenvalue weighted by molar-refractivity contribution is -0.136. The predicted octanol–water partition coefficient (Wildman–Crippen LogP) is 2.18. The van der Waals surface area contributed by atoms with Gasteiger partial charge in [-0.3, -0.25) is 0 Å². The van der Waals surface area contributed by atoms with E-state index in [-0.39, 0.29) is 6.54 Å². The summed E-state index contributed by atoms with van der Waals surface area (Å²) in [4.78, 5) is 0. The molecule has 0 bridgehead atoms. The molecule has 0 aliphatic rings. The normalized spacial score (nSPS) is 12.0. The molecule has 0 radical (unpaired) electrons. The van der Waals surface area contributed by atoms with Gasteiger partial charge in [0.05, 0.1) is 13.0 Å². The molecule has 1 aromatic rings. The van der Waals surface area contributed by atoms with E-state index in [9.17, 15) is 13.2 Å². The number of hydrogen-bond acceptors (Lipinski definition) is 2. The number of hydrogen-bond donors (Lipinski definition) is 1. The van der Waals surface area contributed by atoms with Crippen LogP contribution >= 0.6 is 0 Å². The van der Waals surface area contributed by atoms with Crippen LogP contribution in [-0.4, -0.2) is 31.0 Å². The third kappa shape index (κ3) is 6.33. The molecule has 0 atom stereocenters. The zero-order valence-corrected chi connectivity index (χ0v) is 9.76. The maximum absolute atomic E-state index is 12.0. The molecular formula is C11H17F3N2O. The third-order valence-electron chi connectivity index (χ3n) is 2.28. The van der Waals surface area contributed by atoms with Crippen LogP contribution in [0.5, 0.6) is 0 Å². The Morgan fingerprint density at radius 3 is 2.82 bits per heavy atom. The van der Waals surface area contributed by atoms with Crippen LogP contribution in [0.1, 0.15) is 12.0 Å². The van der Waals surface area contributed by atoms with Gasteiger partial charge in [-0.1, -0.05) is 0 Å². The van der Waals surface area contributed by atoms with Crippen molar-refractivity contribution in [1.29, 1.82) is 0 Å². The lowest BCUT2D eigenvalue weighted by Gasteiger charge is -2.06. The van der Waals surface area contributed by atoms with Crippen LogP contribution in [0.4, 0.5) is 13.2 Å². The highest BCUT2D eigenvalue weighted by Crippen LogP contribution is 2.20. The zero-order chi connectivity index (χ0) is 12.7. The fourth-order valence-electron chi connectivity index (χ4n) is 1.40. The summed E-state index contributed by atoms with van der Waals surface area (Å²) in [6.45, 7) is 1.96. The quantitative estimate of drug-likeness (QED) is 0.751. The number of methoxy groups -OCH3 is 1. The van der Waals surface area contributed by atoms with Crippen molar-refractivity contribution in [3.8, 4) is 0 Å². The number of aryl methyl sites for hydroxylation is 1. The maximum atomic E-state index is 12.0. The summed E-state index contributed by atoms with van der Waals surface area (Å²) < 4.78 is 42.4. The highest BCUT2D eigenvalue weighted by molar-refractivity contribution is 5.09. The standard InChI is InChI=1S/C11H17F3N2O/c1-17-7-4-15-8-10-2-5-16(9-10)6-3-11(12,13)14/h2,5,9,15H,3-4,6-8H2,1H3. The molecule has 1 rings (SSSR count). The van der Waals surface area contributed by atoms with Crippen LogP contribution in [0.3, 0.4) is 0 Å². The van der Waals surface area contributed by atoms with Gasteiger partial charge < -0.3 is 14.6 Å². The van der Waals surface area contributed by atoms with Crippen molar-refractivity contribution in [2.45, 2.75) is 25.7 Å². The molecule has 0 unspecified atom stereocenters. The van der Waals surface area contributed by atoms with E-state index in [2.05, 4.69) is 5.32 Å². The first kappa shape index (κ1) is 14.1. The molecule has 1 N–H and O–H groups in total. The molecule has 98 valence electrons. The highest BCUT2D eigenvalue weighted by Gasteiger charge is 2.26. The molecule has 0 aliphatic carbocycles. The molecule has 1 heterocycles. The van der Waals surface area contributed by atoms with E-state index in [1.807, 2.05) is 6.07 Å². The topological polar surface area (TPSA) is 26.2 Å². The highest BCUT2D eigenvalue weighted by atomic mass is 19.4. The second kappa shape index (κ2) is 6.66. The lowest BCUT2D eigenvalue weighted by Crippen LogP contribution is -2.18. The number of halogens is 3. The fraction of sp³-hybridized carbons (Fsp3) is 0.636. The summed E-state index contributed by atoms with van der Waals surface area (Å²) >= 11 is 0. The van der Waals surface area contributed by atoms with Gasteiger partial charge in [-0.15, -0.1) is 0 Å². The summed E-state index contributed by atoms with van der Waals surface area (Å²) in [5.74, 6) is 0. The largest absolute Gasteiger partial charge is 0.390 e. The van der Waals surface area contributed by atoms with Gasteiger partial charge in [-0.25, -0.2) is 0 Å². The summed E-state index contributed by atoms with van der Waals surface area (Å²) in [6, 6.07) is 1.82. The van der Waals surface area contributed by atoms with Crippen LogP contribution in [0, 0.1) is 0 Å². The number of aromatic nitrogens is 1. The summed E-state index contributed by atoms with van der Waals surface area (Å²) in [5, 5.41) is 3.13. The number of nitrogens with zero attached hydrogens (tertiary/aromatic N) is 1. The van der Waals surface area contributed by atoms with Crippen molar-refractivity contribution in [3.05, 3.63) is 24.0 Å². The lowest BCUT2D eigenvalue weighted by atomic mass is 10.3. The van der Waals surface area contributed by atoms with Crippen molar-refractivity contribution in [2.24, 2.45) is 0 Å². The average Bonchev–Trinajstić information content (AvgIpc) is 2.69. The Kier molecular flexibility index (Phi) is 5.50. The SMILES string of the molecule is COCCNCc1ccn(CCC(F)(F)F)c1. The van der Waals surface area contributed by atoms with Crippen LogP contribution in [-0.2, 0) is 17.8 Å². The molecule has 6 heteroatoms. The second-order valence-corrected chi connectivity index (χ2v) is 3.79. The van der Waals surface area contributed by atoms with Crippen LogP contribution < -0.4 is 5.32 Å². The Bertz CT molecular complexity index is 323. The number of ether oxygens (including phenoxy) is 1. The minimum atomic E-state index is -4.10. The first-order chi connectivity index (χ1) is 8.01. The van der Waals surface area contributed by atoms with E-state index in [1.54, 1.807) is 24.1 Å². The fourth-order valence-corrected chi connectivity index (χ4v) is 1.40. The molecule has 0 fully saturated rings. The molecule has 0 spiro atoms. The van der Waals surface area contributed by atoms with Crippen molar-refractivity contribution < 1.29 is 17.9 Å². The van der Waals surface area contributed by atoms with Crippen molar-refractivity contribution in [2.75, 3.05) is 20.3 Å². The van der Waals surface area contributed by atoms with Crippen LogP contribution in [0.2, 0.25) is 0 Å². The molecule has 3 nitrogen and oxygen atoms in total. The molecular weight excluding hydrogens is 233 g/mol. The first-order valence-corrected chi connectivity index (χ1v) is 5.42. The molecule has 0 aliphatic heterocycles. The van der Waals surface area contributed by atoms with E-state index >= 15 is 0 Å². The number of alkyl halides is 3. The summed E-state index contributed by atoms with van der Waals surface area (Å²) in [6.07, 6.45) is -1.50. The molecule has 0 saturated heterocycles. The Hall–Kier alpha value is -1.01. The van der Waals surface area contributed by atoms with Gasteiger partial charge in [0.25, 0.3) is 0 Å². The molecule has 1 aromatic heterocycles. The van der Waals surface area contributed by atoms with Gasteiger partial charge >= 0.3 is 6.18 Å². The molecule has 0 saturated carbocycles. The summed E-state index contributed by atoms with van der Waals surface area (Å²) in [7, 11) is 1.62.